The van der Waals surface area contributed by atoms with Gasteiger partial charge in [0.1, 0.15) is 5.82 Å². The fraction of sp³-hybridized carbons (Fsp3) is 0.538. The Morgan fingerprint density at radius 3 is 2.63 bits per heavy atom. The summed E-state index contributed by atoms with van der Waals surface area (Å²) >= 11 is 6.12. The van der Waals surface area contributed by atoms with Crippen molar-refractivity contribution in [1.82, 2.24) is 10.2 Å². The predicted molar refractivity (Wildman–Crippen MR) is 77.5 cm³/mol. The van der Waals surface area contributed by atoms with Crippen molar-refractivity contribution in [3.63, 3.8) is 0 Å². The first kappa shape index (κ1) is 16.7. The van der Waals surface area contributed by atoms with Crippen LogP contribution < -0.4 is 5.32 Å². The second-order valence-corrected chi connectivity index (χ2v) is 4.86. The Labute approximate surface area is 124 Å². The molecule has 1 aromatic rings. The highest BCUT2D eigenvalue weighted by Crippen LogP contribution is 2.32. The third kappa shape index (κ3) is 4.04. The van der Waals surface area contributed by atoms with Gasteiger partial charge in [0.05, 0.1) is 0 Å². The Bertz CT molecular complexity index is 380. The van der Waals surface area contributed by atoms with Gasteiger partial charge in [-0.25, -0.2) is 4.39 Å². The maximum atomic E-state index is 14.0. The molecular weight excluding hydrogens is 290 g/mol. The predicted octanol–water partition coefficient (Wildman–Crippen LogP) is 2.23. The number of nitrogens with one attached hydrogen (secondary N) is 1. The topological polar surface area (TPSA) is 35.5 Å². The van der Waals surface area contributed by atoms with Crippen molar-refractivity contribution < 1.29 is 9.50 Å². The van der Waals surface area contributed by atoms with Gasteiger partial charge < -0.3 is 10.4 Å². The molecule has 2 N–H and O–H groups in total. The number of hydrogen-bond acceptors (Lipinski definition) is 3. The van der Waals surface area contributed by atoms with Crippen LogP contribution in [0.3, 0.4) is 0 Å². The third-order valence-electron chi connectivity index (χ3n) is 3.33. The standard InChI is InChI=1S/C13H18ClFN2O.ClH/c14-10-2-1-3-11(15)13(10)12(4-9-18)17-7-5-16-6-8-17;/h1-3,12,16,18H,4-9H2;1H/t12-;/m0./s1. The number of aliphatic hydroxyl groups is 1. The lowest BCUT2D eigenvalue weighted by atomic mass is 10.0. The number of hydrogen-bond donors (Lipinski definition) is 2. The molecule has 0 aromatic heterocycles. The lowest BCUT2D eigenvalue weighted by Gasteiger charge is -2.35. The smallest absolute Gasteiger partial charge is 0.129 e. The van der Waals surface area contributed by atoms with E-state index in [1.165, 1.54) is 6.07 Å². The zero-order valence-corrected chi connectivity index (χ0v) is 12.2. The van der Waals surface area contributed by atoms with Crippen LogP contribution in [0.5, 0.6) is 0 Å². The number of halogens is 3. The number of rotatable bonds is 4. The average Bonchev–Trinajstić information content (AvgIpc) is 2.38. The van der Waals surface area contributed by atoms with Crippen molar-refractivity contribution in [3.05, 3.63) is 34.6 Å². The highest BCUT2D eigenvalue weighted by molar-refractivity contribution is 6.31. The van der Waals surface area contributed by atoms with Crippen molar-refractivity contribution in [2.75, 3.05) is 32.8 Å². The van der Waals surface area contributed by atoms with E-state index in [2.05, 4.69) is 10.2 Å². The van der Waals surface area contributed by atoms with Crippen molar-refractivity contribution in [3.8, 4) is 0 Å². The summed E-state index contributed by atoms with van der Waals surface area (Å²) in [5.74, 6) is -0.292. The molecule has 3 nitrogen and oxygen atoms in total. The highest BCUT2D eigenvalue weighted by atomic mass is 35.5. The van der Waals surface area contributed by atoms with E-state index in [9.17, 15) is 9.50 Å². The van der Waals surface area contributed by atoms with Crippen LogP contribution in [0, 0.1) is 5.82 Å². The molecule has 1 fully saturated rings. The minimum atomic E-state index is -0.292. The Hall–Kier alpha value is -0.390. The van der Waals surface area contributed by atoms with Gasteiger partial charge in [0.2, 0.25) is 0 Å². The second-order valence-electron chi connectivity index (χ2n) is 4.45. The van der Waals surface area contributed by atoms with E-state index in [1.807, 2.05) is 0 Å². The van der Waals surface area contributed by atoms with Crippen molar-refractivity contribution in [2.45, 2.75) is 12.5 Å². The summed E-state index contributed by atoms with van der Waals surface area (Å²) in [4.78, 5) is 2.18. The van der Waals surface area contributed by atoms with Crippen LogP contribution in [0.25, 0.3) is 0 Å². The van der Waals surface area contributed by atoms with Crippen LogP contribution in [0.15, 0.2) is 18.2 Å². The van der Waals surface area contributed by atoms with Crippen LogP contribution in [0.1, 0.15) is 18.0 Å². The van der Waals surface area contributed by atoms with Crippen LogP contribution >= 0.6 is 24.0 Å². The van der Waals surface area contributed by atoms with Gasteiger partial charge in [0.25, 0.3) is 0 Å². The molecular formula is C13H19Cl2FN2O. The van der Waals surface area contributed by atoms with Crippen LogP contribution in [0.4, 0.5) is 4.39 Å². The highest BCUT2D eigenvalue weighted by Gasteiger charge is 2.26. The Kier molecular flexibility index (Phi) is 7.04. The Morgan fingerprint density at radius 2 is 2.05 bits per heavy atom. The van der Waals surface area contributed by atoms with Gasteiger partial charge in [-0.3, -0.25) is 4.90 Å². The minimum Gasteiger partial charge on any atom is -0.396 e. The molecule has 0 saturated carbocycles. The summed E-state index contributed by atoms with van der Waals surface area (Å²) in [6.45, 7) is 3.48. The second kappa shape index (κ2) is 8.02. The first-order valence-electron chi connectivity index (χ1n) is 6.23. The Morgan fingerprint density at radius 1 is 1.37 bits per heavy atom. The van der Waals surface area contributed by atoms with Gasteiger partial charge in [-0.15, -0.1) is 12.4 Å². The van der Waals surface area contributed by atoms with Gasteiger partial charge in [0, 0.05) is 49.4 Å². The SMILES string of the molecule is Cl.OCC[C@@H](c1c(F)cccc1Cl)N1CCNCC1. The average molecular weight is 309 g/mol. The number of piperazine rings is 1. The molecule has 1 atom stereocenters. The molecule has 108 valence electrons. The molecule has 0 unspecified atom stereocenters. The molecule has 0 spiro atoms. The quantitative estimate of drug-likeness (QED) is 0.895. The zero-order chi connectivity index (χ0) is 13.0. The van der Waals surface area contributed by atoms with E-state index in [1.54, 1.807) is 12.1 Å². The maximum Gasteiger partial charge on any atom is 0.129 e. The monoisotopic (exact) mass is 308 g/mol. The molecule has 19 heavy (non-hydrogen) atoms. The number of nitrogens with zero attached hydrogens (tertiary/aromatic N) is 1. The van der Waals surface area contributed by atoms with Crippen LogP contribution in [-0.4, -0.2) is 42.8 Å². The Balaban J connectivity index is 0.00000180. The molecule has 1 heterocycles. The molecule has 0 aliphatic carbocycles. The van der Waals surface area contributed by atoms with Crippen molar-refractivity contribution in [1.29, 1.82) is 0 Å². The normalized spacial score (nSPS) is 17.8. The number of aliphatic hydroxyl groups excluding tert-OH is 1. The molecule has 0 bridgehead atoms. The summed E-state index contributed by atoms with van der Waals surface area (Å²) in [6, 6.07) is 4.58. The van der Waals surface area contributed by atoms with Gasteiger partial charge in [-0.2, -0.15) is 0 Å². The fourth-order valence-electron chi connectivity index (χ4n) is 2.45. The third-order valence-corrected chi connectivity index (χ3v) is 3.66. The summed E-state index contributed by atoms with van der Waals surface area (Å²) in [5, 5.41) is 12.9. The van der Waals surface area contributed by atoms with Gasteiger partial charge in [-0.1, -0.05) is 17.7 Å². The molecule has 6 heteroatoms. The van der Waals surface area contributed by atoms with Crippen LogP contribution in [-0.2, 0) is 0 Å². The molecule has 0 radical (unpaired) electrons. The van der Waals surface area contributed by atoms with Gasteiger partial charge >= 0.3 is 0 Å². The molecule has 2 rings (SSSR count). The van der Waals surface area contributed by atoms with Gasteiger partial charge in [-0.05, 0) is 18.6 Å². The summed E-state index contributed by atoms with van der Waals surface area (Å²) in [6.07, 6.45) is 0.501. The summed E-state index contributed by atoms with van der Waals surface area (Å²) in [5.41, 5.74) is 0.509. The van der Waals surface area contributed by atoms with E-state index in [0.29, 0.717) is 17.0 Å². The molecule has 1 saturated heterocycles. The number of benzene rings is 1. The van der Waals surface area contributed by atoms with E-state index in [0.717, 1.165) is 26.2 Å². The zero-order valence-electron chi connectivity index (χ0n) is 10.6. The minimum absolute atomic E-state index is 0. The van der Waals surface area contributed by atoms with E-state index < -0.39 is 0 Å². The molecule has 1 aliphatic rings. The molecule has 1 aliphatic heterocycles. The molecule has 1 aromatic carbocycles. The van der Waals surface area contributed by atoms with Crippen molar-refractivity contribution in [2.24, 2.45) is 0 Å². The van der Waals surface area contributed by atoms with Crippen molar-refractivity contribution >= 4 is 24.0 Å². The van der Waals surface area contributed by atoms with E-state index >= 15 is 0 Å². The first-order valence-corrected chi connectivity index (χ1v) is 6.61. The summed E-state index contributed by atoms with van der Waals surface area (Å²) in [7, 11) is 0. The molecule has 0 amide bonds. The fourth-order valence-corrected chi connectivity index (χ4v) is 2.74. The van der Waals surface area contributed by atoms with E-state index in [-0.39, 0.29) is 30.9 Å². The summed E-state index contributed by atoms with van der Waals surface area (Å²) < 4.78 is 14.0. The van der Waals surface area contributed by atoms with Crippen LogP contribution in [0.2, 0.25) is 5.02 Å². The lowest BCUT2D eigenvalue weighted by molar-refractivity contribution is 0.138. The first-order chi connectivity index (χ1) is 8.74. The maximum absolute atomic E-state index is 14.0. The van der Waals surface area contributed by atoms with E-state index in [4.69, 9.17) is 11.6 Å². The van der Waals surface area contributed by atoms with Gasteiger partial charge in [0.15, 0.2) is 0 Å². The lowest BCUT2D eigenvalue weighted by Crippen LogP contribution is -2.45. The largest absolute Gasteiger partial charge is 0.396 e.